The molecule has 0 saturated heterocycles. The molecule has 4 nitrogen and oxygen atoms in total. The zero-order chi connectivity index (χ0) is 17.6. The number of para-hydroxylation sites is 2. The van der Waals surface area contributed by atoms with Gasteiger partial charge >= 0.3 is 0 Å². The van der Waals surface area contributed by atoms with Gasteiger partial charge in [-0.05, 0) is 45.0 Å². The minimum Gasteiger partial charge on any atom is -0.457 e. The molecule has 1 unspecified atom stereocenters. The molecule has 0 radical (unpaired) electrons. The number of nitrogens with one attached hydrogen (secondary N) is 2. The van der Waals surface area contributed by atoms with Gasteiger partial charge in [0.25, 0.3) is 5.91 Å². The third-order valence-electron chi connectivity index (χ3n) is 3.41. The molecule has 0 spiro atoms. The summed E-state index contributed by atoms with van der Waals surface area (Å²) in [5.41, 5.74) is 0.883. The normalized spacial score (nSPS) is 12.5. The molecule has 0 aliphatic carbocycles. The fourth-order valence-electron chi connectivity index (χ4n) is 2.49. The number of likely N-dealkylation sites (N-methyl/N-ethyl adjacent to an activating group) is 1. The van der Waals surface area contributed by atoms with E-state index in [1.54, 1.807) is 0 Å². The van der Waals surface area contributed by atoms with Crippen molar-refractivity contribution in [2.45, 2.75) is 32.9 Å². The van der Waals surface area contributed by atoms with Crippen molar-refractivity contribution >= 4 is 5.91 Å². The molecule has 0 aliphatic rings. The van der Waals surface area contributed by atoms with E-state index in [0.717, 1.165) is 28.5 Å². The Labute approximate surface area is 144 Å². The maximum Gasteiger partial charge on any atom is 0.275 e. The first-order valence-electron chi connectivity index (χ1n) is 8.26. The highest BCUT2D eigenvalue weighted by Gasteiger charge is 2.18. The molecule has 2 aromatic carbocycles. The average Bonchev–Trinajstić information content (AvgIpc) is 2.48. The SMILES string of the molecule is C[NH+](CC(=O)NC(C)(C)C)Cc1ccccc1Oc1ccccc1. The Morgan fingerprint density at radius 2 is 1.67 bits per heavy atom. The predicted molar refractivity (Wildman–Crippen MR) is 96.3 cm³/mol. The Bertz CT molecular complexity index is 663. The fraction of sp³-hybridized carbons (Fsp3) is 0.350. The van der Waals surface area contributed by atoms with Crippen molar-refractivity contribution in [2.75, 3.05) is 13.6 Å². The highest BCUT2D eigenvalue weighted by Crippen LogP contribution is 2.24. The van der Waals surface area contributed by atoms with Gasteiger partial charge in [0.05, 0.1) is 7.05 Å². The zero-order valence-electron chi connectivity index (χ0n) is 14.9. The van der Waals surface area contributed by atoms with Gasteiger partial charge in [0.1, 0.15) is 18.0 Å². The van der Waals surface area contributed by atoms with Gasteiger partial charge in [-0.3, -0.25) is 4.79 Å². The van der Waals surface area contributed by atoms with Crippen LogP contribution in [0.25, 0.3) is 0 Å². The summed E-state index contributed by atoms with van der Waals surface area (Å²) in [6, 6.07) is 17.7. The van der Waals surface area contributed by atoms with Gasteiger partial charge in [0.2, 0.25) is 0 Å². The largest absolute Gasteiger partial charge is 0.457 e. The molecule has 0 heterocycles. The smallest absolute Gasteiger partial charge is 0.275 e. The van der Waals surface area contributed by atoms with E-state index in [4.69, 9.17) is 4.74 Å². The summed E-state index contributed by atoms with van der Waals surface area (Å²) in [6.07, 6.45) is 0. The molecular formula is C20H27N2O2+. The van der Waals surface area contributed by atoms with Crippen LogP contribution in [0, 0.1) is 0 Å². The first-order chi connectivity index (χ1) is 11.3. The lowest BCUT2D eigenvalue weighted by Gasteiger charge is -2.22. The van der Waals surface area contributed by atoms with Crippen LogP contribution < -0.4 is 15.0 Å². The molecule has 0 saturated carbocycles. The highest BCUT2D eigenvalue weighted by molar-refractivity contribution is 5.77. The first kappa shape index (κ1) is 18.0. The van der Waals surface area contributed by atoms with Crippen LogP contribution in [0.1, 0.15) is 26.3 Å². The topological polar surface area (TPSA) is 42.8 Å². The van der Waals surface area contributed by atoms with Gasteiger partial charge in [-0.1, -0.05) is 30.3 Å². The first-order valence-corrected chi connectivity index (χ1v) is 8.26. The summed E-state index contributed by atoms with van der Waals surface area (Å²) >= 11 is 0. The number of amides is 1. The molecule has 2 aromatic rings. The molecule has 128 valence electrons. The molecule has 2 N–H and O–H groups in total. The fourth-order valence-corrected chi connectivity index (χ4v) is 2.49. The molecule has 24 heavy (non-hydrogen) atoms. The van der Waals surface area contributed by atoms with Gasteiger partial charge in [0.15, 0.2) is 6.54 Å². The number of quaternary nitrogens is 1. The van der Waals surface area contributed by atoms with Crippen LogP contribution in [0.15, 0.2) is 54.6 Å². The molecule has 4 heteroatoms. The standard InChI is InChI=1S/C20H26N2O2/c1-20(2,3)21-19(23)15-22(4)14-16-10-8-9-13-18(16)24-17-11-6-5-7-12-17/h5-13H,14-15H2,1-4H3,(H,21,23)/p+1. The Morgan fingerprint density at radius 1 is 1.04 bits per heavy atom. The van der Waals surface area contributed by atoms with Crippen molar-refractivity contribution in [3.05, 3.63) is 60.2 Å². The maximum absolute atomic E-state index is 12.1. The molecule has 1 amide bonds. The minimum absolute atomic E-state index is 0.0569. The Hall–Kier alpha value is -2.33. The quantitative estimate of drug-likeness (QED) is 0.856. The second kappa shape index (κ2) is 7.97. The number of carbonyl (C=O) groups excluding carboxylic acids is 1. The second-order valence-corrected chi connectivity index (χ2v) is 7.13. The number of rotatable bonds is 6. The van der Waals surface area contributed by atoms with Gasteiger partial charge in [-0.25, -0.2) is 0 Å². The lowest BCUT2D eigenvalue weighted by atomic mass is 10.1. The highest BCUT2D eigenvalue weighted by atomic mass is 16.5. The van der Waals surface area contributed by atoms with Crippen molar-refractivity contribution in [1.82, 2.24) is 5.32 Å². The second-order valence-electron chi connectivity index (χ2n) is 7.13. The van der Waals surface area contributed by atoms with Crippen molar-refractivity contribution in [2.24, 2.45) is 0 Å². The van der Waals surface area contributed by atoms with E-state index < -0.39 is 0 Å². The Kier molecular flexibility index (Phi) is 5.99. The van der Waals surface area contributed by atoms with Crippen molar-refractivity contribution in [3.63, 3.8) is 0 Å². The van der Waals surface area contributed by atoms with Gasteiger partial charge in [-0.2, -0.15) is 0 Å². The monoisotopic (exact) mass is 327 g/mol. The maximum atomic E-state index is 12.1. The van der Waals surface area contributed by atoms with Crippen LogP contribution in [0.4, 0.5) is 0 Å². The number of carbonyl (C=O) groups is 1. The Morgan fingerprint density at radius 3 is 2.33 bits per heavy atom. The van der Waals surface area contributed by atoms with Gasteiger partial charge < -0.3 is 15.0 Å². The summed E-state index contributed by atoms with van der Waals surface area (Å²) in [5, 5.41) is 3.00. The molecule has 0 aromatic heterocycles. The molecule has 2 rings (SSSR count). The summed E-state index contributed by atoms with van der Waals surface area (Å²) in [5.74, 6) is 1.70. The van der Waals surface area contributed by atoms with E-state index in [9.17, 15) is 4.79 Å². The third kappa shape index (κ3) is 6.05. The van der Waals surface area contributed by atoms with Crippen LogP contribution in [-0.4, -0.2) is 25.0 Å². The molecule has 0 aliphatic heterocycles. The zero-order valence-corrected chi connectivity index (χ0v) is 14.9. The van der Waals surface area contributed by atoms with Crippen molar-refractivity contribution < 1.29 is 14.4 Å². The van der Waals surface area contributed by atoms with E-state index in [1.807, 2.05) is 82.4 Å². The van der Waals surface area contributed by atoms with E-state index in [-0.39, 0.29) is 11.4 Å². The van der Waals surface area contributed by atoms with E-state index in [1.165, 1.54) is 0 Å². The van der Waals surface area contributed by atoms with Crippen LogP contribution in [-0.2, 0) is 11.3 Å². The van der Waals surface area contributed by atoms with Gasteiger partial charge in [0, 0.05) is 11.1 Å². The molecular weight excluding hydrogens is 300 g/mol. The van der Waals surface area contributed by atoms with Crippen molar-refractivity contribution in [3.8, 4) is 11.5 Å². The van der Waals surface area contributed by atoms with Crippen LogP contribution in [0.3, 0.4) is 0 Å². The summed E-state index contributed by atoms with van der Waals surface area (Å²) in [7, 11) is 2.02. The minimum atomic E-state index is -0.203. The van der Waals surface area contributed by atoms with Crippen LogP contribution >= 0.6 is 0 Å². The van der Waals surface area contributed by atoms with Gasteiger partial charge in [-0.15, -0.1) is 0 Å². The van der Waals surface area contributed by atoms with Crippen LogP contribution in [0.2, 0.25) is 0 Å². The lowest BCUT2D eigenvalue weighted by Crippen LogP contribution is -3.09. The summed E-state index contributed by atoms with van der Waals surface area (Å²) in [6.45, 7) is 7.12. The van der Waals surface area contributed by atoms with E-state index >= 15 is 0 Å². The molecule has 0 fully saturated rings. The Balaban J connectivity index is 2.00. The number of ether oxygens (including phenoxy) is 1. The van der Waals surface area contributed by atoms with Crippen LogP contribution in [0.5, 0.6) is 11.5 Å². The predicted octanol–water partition coefficient (Wildman–Crippen LogP) is 2.41. The number of hydrogen-bond donors (Lipinski definition) is 2. The van der Waals surface area contributed by atoms with E-state index in [2.05, 4.69) is 5.32 Å². The lowest BCUT2D eigenvalue weighted by molar-refractivity contribution is -0.885. The molecule has 0 bridgehead atoms. The number of hydrogen-bond acceptors (Lipinski definition) is 2. The number of benzene rings is 2. The van der Waals surface area contributed by atoms with E-state index in [0.29, 0.717) is 6.54 Å². The average molecular weight is 327 g/mol. The summed E-state index contributed by atoms with van der Waals surface area (Å²) < 4.78 is 5.98. The van der Waals surface area contributed by atoms with Crippen molar-refractivity contribution in [1.29, 1.82) is 0 Å². The molecule has 1 atom stereocenters. The third-order valence-corrected chi connectivity index (χ3v) is 3.41. The summed E-state index contributed by atoms with van der Waals surface area (Å²) in [4.78, 5) is 13.2.